The Kier molecular flexibility index (Phi) is 4.57. The molecule has 0 saturated heterocycles. The van der Waals surface area contributed by atoms with Crippen LogP contribution in [0.4, 0.5) is 11.4 Å². The van der Waals surface area contributed by atoms with Crippen LogP contribution in [-0.2, 0) is 10.0 Å². The number of rotatable bonds is 6. The standard InChI is InChI=1S/C14H17N3O2S/c1-2-9-16-13-8-10-15-11-14(13)20(18,19)17-12-6-4-3-5-7-12/h3-8,10-11,17H,2,9H2,1H3,(H,15,16). The minimum Gasteiger partial charge on any atom is -0.384 e. The summed E-state index contributed by atoms with van der Waals surface area (Å²) in [6.45, 7) is 2.72. The van der Waals surface area contributed by atoms with Crippen molar-refractivity contribution in [3.8, 4) is 0 Å². The average Bonchev–Trinajstić information content (AvgIpc) is 2.46. The van der Waals surface area contributed by atoms with E-state index in [-0.39, 0.29) is 4.90 Å². The Morgan fingerprint density at radius 2 is 1.90 bits per heavy atom. The number of nitrogens with zero attached hydrogens (tertiary/aromatic N) is 1. The van der Waals surface area contributed by atoms with Gasteiger partial charge in [-0.25, -0.2) is 8.42 Å². The van der Waals surface area contributed by atoms with E-state index in [1.54, 1.807) is 36.5 Å². The monoisotopic (exact) mass is 291 g/mol. The molecule has 5 nitrogen and oxygen atoms in total. The van der Waals surface area contributed by atoms with Crippen LogP contribution in [0.2, 0.25) is 0 Å². The molecular weight excluding hydrogens is 274 g/mol. The molecule has 0 bridgehead atoms. The molecule has 0 atom stereocenters. The summed E-state index contributed by atoms with van der Waals surface area (Å²) < 4.78 is 27.3. The Labute approximate surface area is 119 Å². The van der Waals surface area contributed by atoms with Crippen LogP contribution < -0.4 is 10.0 Å². The zero-order valence-corrected chi connectivity index (χ0v) is 12.0. The fourth-order valence-electron chi connectivity index (χ4n) is 1.72. The number of para-hydroxylation sites is 1. The van der Waals surface area contributed by atoms with Gasteiger partial charge in [0.2, 0.25) is 0 Å². The second-order valence-corrected chi connectivity index (χ2v) is 5.92. The zero-order chi connectivity index (χ0) is 14.4. The predicted octanol–water partition coefficient (Wildman–Crippen LogP) is 2.70. The fraction of sp³-hybridized carbons (Fsp3) is 0.214. The molecule has 2 rings (SSSR count). The molecule has 1 aromatic carbocycles. The molecule has 0 saturated carbocycles. The van der Waals surface area contributed by atoms with E-state index in [1.165, 1.54) is 6.20 Å². The molecule has 0 spiro atoms. The Morgan fingerprint density at radius 3 is 2.60 bits per heavy atom. The van der Waals surface area contributed by atoms with Gasteiger partial charge in [0, 0.05) is 24.6 Å². The van der Waals surface area contributed by atoms with Crippen LogP contribution in [0, 0.1) is 0 Å². The highest BCUT2D eigenvalue weighted by Crippen LogP contribution is 2.22. The van der Waals surface area contributed by atoms with Gasteiger partial charge in [-0.2, -0.15) is 0 Å². The van der Waals surface area contributed by atoms with Gasteiger partial charge in [0.1, 0.15) is 4.90 Å². The molecule has 106 valence electrons. The number of nitrogens with one attached hydrogen (secondary N) is 2. The molecule has 1 heterocycles. The van der Waals surface area contributed by atoms with Crippen molar-refractivity contribution in [3.05, 3.63) is 48.8 Å². The molecule has 0 radical (unpaired) electrons. The number of aromatic nitrogens is 1. The maximum atomic E-state index is 12.4. The first-order valence-electron chi connectivity index (χ1n) is 6.39. The third kappa shape index (κ3) is 3.48. The van der Waals surface area contributed by atoms with Crippen molar-refractivity contribution in [2.75, 3.05) is 16.6 Å². The summed E-state index contributed by atoms with van der Waals surface area (Å²) in [4.78, 5) is 4.05. The molecule has 1 aromatic heterocycles. The first-order valence-corrected chi connectivity index (χ1v) is 7.87. The van der Waals surface area contributed by atoms with E-state index in [1.807, 2.05) is 13.0 Å². The molecule has 0 fully saturated rings. The van der Waals surface area contributed by atoms with E-state index in [0.717, 1.165) is 6.42 Å². The van der Waals surface area contributed by atoms with E-state index >= 15 is 0 Å². The molecule has 2 N–H and O–H groups in total. The highest BCUT2D eigenvalue weighted by molar-refractivity contribution is 7.92. The molecule has 0 aliphatic rings. The summed E-state index contributed by atoms with van der Waals surface area (Å²) in [6, 6.07) is 10.4. The van der Waals surface area contributed by atoms with Gasteiger partial charge in [0.05, 0.1) is 5.69 Å². The van der Waals surface area contributed by atoms with Crippen molar-refractivity contribution in [1.82, 2.24) is 4.98 Å². The van der Waals surface area contributed by atoms with Crippen molar-refractivity contribution >= 4 is 21.4 Å². The number of pyridine rings is 1. The maximum Gasteiger partial charge on any atom is 0.265 e. The summed E-state index contributed by atoms with van der Waals surface area (Å²) in [5.41, 5.74) is 1.09. The summed E-state index contributed by atoms with van der Waals surface area (Å²) in [7, 11) is -3.65. The van der Waals surface area contributed by atoms with Crippen molar-refractivity contribution in [2.45, 2.75) is 18.2 Å². The second-order valence-electron chi connectivity index (χ2n) is 4.27. The van der Waals surface area contributed by atoms with E-state index in [0.29, 0.717) is 17.9 Å². The molecule has 0 unspecified atom stereocenters. The first kappa shape index (κ1) is 14.3. The maximum absolute atomic E-state index is 12.4. The van der Waals surface area contributed by atoms with Crippen LogP contribution in [-0.4, -0.2) is 19.9 Å². The number of benzene rings is 1. The SMILES string of the molecule is CCCNc1ccncc1S(=O)(=O)Nc1ccccc1. The smallest absolute Gasteiger partial charge is 0.265 e. The summed E-state index contributed by atoms with van der Waals surface area (Å²) >= 11 is 0. The van der Waals surface area contributed by atoms with Gasteiger partial charge in [-0.3, -0.25) is 9.71 Å². The van der Waals surface area contributed by atoms with Crippen molar-refractivity contribution < 1.29 is 8.42 Å². The van der Waals surface area contributed by atoms with Gasteiger partial charge in [-0.05, 0) is 24.6 Å². The molecule has 0 aliphatic carbocycles. The van der Waals surface area contributed by atoms with Gasteiger partial charge >= 0.3 is 0 Å². The lowest BCUT2D eigenvalue weighted by atomic mass is 10.3. The Balaban J connectivity index is 2.30. The summed E-state index contributed by atoms with van der Waals surface area (Å²) in [5.74, 6) is 0. The molecule has 2 aromatic rings. The minimum atomic E-state index is -3.65. The molecule has 20 heavy (non-hydrogen) atoms. The van der Waals surface area contributed by atoms with E-state index in [9.17, 15) is 8.42 Å². The lowest BCUT2D eigenvalue weighted by Gasteiger charge is -2.12. The van der Waals surface area contributed by atoms with E-state index in [4.69, 9.17) is 0 Å². The lowest BCUT2D eigenvalue weighted by Crippen LogP contribution is -2.16. The molecular formula is C14H17N3O2S. The van der Waals surface area contributed by atoms with Gasteiger partial charge in [0.25, 0.3) is 10.0 Å². The second kappa shape index (κ2) is 6.38. The number of hydrogen-bond donors (Lipinski definition) is 2. The van der Waals surface area contributed by atoms with Crippen LogP contribution >= 0.6 is 0 Å². The van der Waals surface area contributed by atoms with Crippen LogP contribution in [0.5, 0.6) is 0 Å². The van der Waals surface area contributed by atoms with Crippen molar-refractivity contribution in [1.29, 1.82) is 0 Å². The van der Waals surface area contributed by atoms with Crippen LogP contribution in [0.25, 0.3) is 0 Å². The van der Waals surface area contributed by atoms with Crippen molar-refractivity contribution in [3.63, 3.8) is 0 Å². The fourth-order valence-corrected chi connectivity index (χ4v) is 2.90. The summed E-state index contributed by atoms with van der Waals surface area (Å²) in [6.07, 6.45) is 3.83. The van der Waals surface area contributed by atoms with Crippen LogP contribution in [0.1, 0.15) is 13.3 Å². The zero-order valence-electron chi connectivity index (χ0n) is 11.2. The third-order valence-electron chi connectivity index (χ3n) is 2.67. The summed E-state index contributed by atoms with van der Waals surface area (Å²) in [5, 5.41) is 3.10. The van der Waals surface area contributed by atoms with E-state index in [2.05, 4.69) is 15.0 Å². The average molecular weight is 291 g/mol. The Hall–Kier alpha value is -2.08. The third-order valence-corrected chi connectivity index (χ3v) is 4.07. The number of hydrogen-bond acceptors (Lipinski definition) is 4. The number of anilines is 2. The Bertz CT molecular complexity index is 657. The topological polar surface area (TPSA) is 71.1 Å². The normalized spacial score (nSPS) is 11.1. The minimum absolute atomic E-state index is 0.150. The molecule has 0 aliphatic heterocycles. The lowest BCUT2D eigenvalue weighted by molar-refractivity contribution is 0.601. The van der Waals surface area contributed by atoms with E-state index < -0.39 is 10.0 Å². The Morgan fingerprint density at radius 1 is 1.15 bits per heavy atom. The van der Waals surface area contributed by atoms with Crippen LogP contribution in [0.3, 0.4) is 0 Å². The van der Waals surface area contributed by atoms with Gasteiger partial charge < -0.3 is 5.32 Å². The predicted molar refractivity (Wildman–Crippen MR) is 80.3 cm³/mol. The quantitative estimate of drug-likeness (QED) is 0.858. The van der Waals surface area contributed by atoms with Gasteiger partial charge in [-0.15, -0.1) is 0 Å². The van der Waals surface area contributed by atoms with Gasteiger partial charge in [0.15, 0.2) is 0 Å². The largest absolute Gasteiger partial charge is 0.384 e. The van der Waals surface area contributed by atoms with Gasteiger partial charge in [-0.1, -0.05) is 25.1 Å². The van der Waals surface area contributed by atoms with Crippen LogP contribution in [0.15, 0.2) is 53.7 Å². The molecule has 6 heteroatoms. The number of sulfonamides is 1. The highest BCUT2D eigenvalue weighted by Gasteiger charge is 2.18. The molecule has 0 amide bonds. The van der Waals surface area contributed by atoms with Crippen molar-refractivity contribution in [2.24, 2.45) is 0 Å². The first-order chi connectivity index (χ1) is 9.63. The highest BCUT2D eigenvalue weighted by atomic mass is 32.2.